The molecule has 0 saturated carbocycles. The highest BCUT2D eigenvalue weighted by molar-refractivity contribution is 6.30. The predicted molar refractivity (Wildman–Crippen MR) is 92.3 cm³/mol. The molecule has 0 bridgehead atoms. The second-order valence-electron chi connectivity index (χ2n) is 6.35. The lowest BCUT2D eigenvalue weighted by atomic mass is 10.1. The Hall–Kier alpha value is -1.79. The van der Waals surface area contributed by atoms with Gasteiger partial charge in [0.25, 0.3) is 5.91 Å². The fourth-order valence-corrected chi connectivity index (χ4v) is 3.45. The van der Waals surface area contributed by atoms with E-state index in [0.29, 0.717) is 23.2 Å². The van der Waals surface area contributed by atoms with Gasteiger partial charge in [-0.1, -0.05) is 11.6 Å². The Bertz CT molecular complexity index is 731. The first-order valence-electron chi connectivity index (χ1n) is 8.15. The molecule has 0 N–H and O–H groups in total. The normalized spacial score (nSPS) is 15.7. The van der Waals surface area contributed by atoms with Crippen LogP contribution in [0.3, 0.4) is 0 Å². The number of carbonyl (C=O) groups is 1. The van der Waals surface area contributed by atoms with E-state index >= 15 is 0 Å². The number of hydrogen-bond acceptors (Lipinski definition) is 3. The second kappa shape index (κ2) is 6.99. The van der Waals surface area contributed by atoms with Crippen molar-refractivity contribution in [3.8, 4) is 0 Å². The molecule has 1 saturated heterocycles. The van der Waals surface area contributed by atoms with Gasteiger partial charge >= 0.3 is 0 Å². The van der Waals surface area contributed by atoms with E-state index in [-0.39, 0.29) is 5.91 Å². The summed E-state index contributed by atoms with van der Waals surface area (Å²) < 4.78 is 9.31. The maximum Gasteiger partial charge on any atom is 0.257 e. The summed E-state index contributed by atoms with van der Waals surface area (Å²) in [5.74, 6) is -0.0249. The fourth-order valence-electron chi connectivity index (χ4n) is 3.17. The van der Waals surface area contributed by atoms with Crippen LogP contribution in [0.15, 0.2) is 18.5 Å². The van der Waals surface area contributed by atoms with E-state index in [4.69, 9.17) is 16.3 Å². The quantitative estimate of drug-likeness (QED) is 0.852. The average Bonchev–Trinajstić information content (AvgIpc) is 3.09. The van der Waals surface area contributed by atoms with Gasteiger partial charge in [-0.05, 0) is 25.8 Å². The van der Waals surface area contributed by atoms with Crippen molar-refractivity contribution >= 4 is 17.5 Å². The Morgan fingerprint density at radius 3 is 2.79 bits per heavy atom. The number of rotatable bonds is 4. The van der Waals surface area contributed by atoms with E-state index in [1.54, 1.807) is 18.1 Å². The number of aryl methyl sites for hydroxylation is 1. The van der Waals surface area contributed by atoms with Crippen molar-refractivity contribution in [2.45, 2.75) is 32.4 Å². The molecule has 0 unspecified atom stereocenters. The predicted octanol–water partition coefficient (Wildman–Crippen LogP) is 2.81. The van der Waals surface area contributed by atoms with Crippen LogP contribution in [-0.2, 0) is 18.3 Å². The monoisotopic (exact) mass is 350 g/mol. The SMILES string of the molecule is Cc1c(C(=O)N(C)Cc2cc(Cl)cn2C)cnn1C1CCOCC1. The fraction of sp³-hybridized carbons (Fsp3) is 0.529. The molecule has 1 aliphatic rings. The molecule has 3 heterocycles. The van der Waals surface area contributed by atoms with Crippen molar-refractivity contribution in [2.75, 3.05) is 20.3 Å². The molecule has 1 aliphatic heterocycles. The number of halogens is 1. The molecule has 0 atom stereocenters. The van der Waals surface area contributed by atoms with E-state index < -0.39 is 0 Å². The molecular formula is C17H23ClN4O2. The maximum absolute atomic E-state index is 12.8. The lowest BCUT2D eigenvalue weighted by molar-refractivity contribution is 0.0655. The smallest absolute Gasteiger partial charge is 0.257 e. The van der Waals surface area contributed by atoms with Gasteiger partial charge in [0.1, 0.15) is 0 Å². The molecule has 0 aliphatic carbocycles. The number of hydrogen-bond donors (Lipinski definition) is 0. The molecule has 3 rings (SSSR count). The Balaban J connectivity index is 1.74. The number of nitrogens with zero attached hydrogens (tertiary/aromatic N) is 4. The third kappa shape index (κ3) is 3.35. The van der Waals surface area contributed by atoms with Crippen molar-refractivity contribution < 1.29 is 9.53 Å². The minimum Gasteiger partial charge on any atom is -0.381 e. The van der Waals surface area contributed by atoms with Crippen LogP contribution in [0.5, 0.6) is 0 Å². The molecule has 0 aromatic carbocycles. The highest BCUT2D eigenvalue weighted by atomic mass is 35.5. The summed E-state index contributed by atoms with van der Waals surface area (Å²) in [6, 6.07) is 2.20. The summed E-state index contributed by atoms with van der Waals surface area (Å²) in [6.07, 6.45) is 5.40. The van der Waals surface area contributed by atoms with Crippen molar-refractivity contribution in [1.29, 1.82) is 0 Å². The summed E-state index contributed by atoms with van der Waals surface area (Å²) in [5.41, 5.74) is 2.57. The third-order valence-electron chi connectivity index (χ3n) is 4.63. The molecule has 0 spiro atoms. The van der Waals surface area contributed by atoms with E-state index in [0.717, 1.165) is 37.4 Å². The van der Waals surface area contributed by atoms with Crippen molar-refractivity contribution in [3.63, 3.8) is 0 Å². The van der Waals surface area contributed by atoms with Crippen LogP contribution in [0, 0.1) is 6.92 Å². The molecule has 0 radical (unpaired) electrons. The van der Waals surface area contributed by atoms with Crippen LogP contribution in [-0.4, -0.2) is 45.4 Å². The number of amides is 1. The molecule has 1 fully saturated rings. The Morgan fingerprint density at radius 1 is 1.46 bits per heavy atom. The Labute approximate surface area is 146 Å². The molecule has 7 heteroatoms. The summed E-state index contributed by atoms with van der Waals surface area (Å²) in [7, 11) is 3.72. The van der Waals surface area contributed by atoms with E-state index in [2.05, 4.69) is 5.10 Å². The van der Waals surface area contributed by atoms with Gasteiger partial charge in [0.05, 0.1) is 29.4 Å². The molecule has 24 heavy (non-hydrogen) atoms. The largest absolute Gasteiger partial charge is 0.381 e. The van der Waals surface area contributed by atoms with Crippen LogP contribution in [0.2, 0.25) is 5.02 Å². The number of ether oxygens (including phenoxy) is 1. The Morgan fingerprint density at radius 2 is 2.17 bits per heavy atom. The van der Waals surface area contributed by atoms with Gasteiger partial charge < -0.3 is 14.2 Å². The van der Waals surface area contributed by atoms with E-state index in [1.807, 2.05) is 35.5 Å². The van der Waals surface area contributed by atoms with Gasteiger partial charge in [-0.15, -0.1) is 0 Å². The number of carbonyl (C=O) groups excluding carboxylic acids is 1. The average molecular weight is 351 g/mol. The van der Waals surface area contributed by atoms with Crippen LogP contribution in [0.25, 0.3) is 0 Å². The minimum atomic E-state index is -0.0249. The van der Waals surface area contributed by atoms with Gasteiger partial charge in [0, 0.05) is 44.9 Å². The summed E-state index contributed by atoms with van der Waals surface area (Å²) in [6.45, 7) is 3.97. The van der Waals surface area contributed by atoms with Gasteiger partial charge in [-0.2, -0.15) is 5.10 Å². The van der Waals surface area contributed by atoms with Crippen LogP contribution < -0.4 is 0 Å². The topological polar surface area (TPSA) is 52.3 Å². The molecular weight excluding hydrogens is 328 g/mol. The summed E-state index contributed by atoms with van der Waals surface area (Å²) in [4.78, 5) is 14.5. The van der Waals surface area contributed by atoms with Crippen LogP contribution in [0.1, 0.15) is 40.6 Å². The van der Waals surface area contributed by atoms with Gasteiger partial charge in [0.2, 0.25) is 0 Å². The minimum absolute atomic E-state index is 0.0249. The maximum atomic E-state index is 12.8. The van der Waals surface area contributed by atoms with E-state index in [1.165, 1.54) is 0 Å². The van der Waals surface area contributed by atoms with Crippen molar-refractivity contribution in [1.82, 2.24) is 19.2 Å². The zero-order chi connectivity index (χ0) is 17.3. The van der Waals surface area contributed by atoms with Gasteiger partial charge in [-0.3, -0.25) is 9.48 Å². The van der Waals surface area contributed by atoms with Gasteiger partial charge in [-0.25, -0.2) is 0 Å². The zero-order valence-electron chi connectivity index (χ0n) is 14.3. The highest BCUT2D eigenvalue weighted by Crippen LogP contribution is 2.24. The van der Waals surface area contributed by atoms with Gasteiger partial charge in [0.15, 0.2) is 0 Å². The van der Waals surface area contributed by atoms with Crippen LogP contribution >= 0.6 is 11.6 Å². The van der Waals surface area contributed by atoms with E-state index in [9.17, 15) is 4.79 Å². The third-order valence-corrected chi connectivity index (χ3v) is 4.84. The Kier molecular flexibility index (Phi) is 4.96. The van der Waals surface area contributed by atoms with Crippen molar-refractivity contribution in [3.05, 3.63) is 40.4 Å². The molecule has 1 amide bonds. The lowest BCUT2D eigenvalue weighted by Gasteiger charge is -2.24. The molecule has 2 aromatic rings. The first-order chi connectivity index (χ1) is 11.5. The van der Waals surface area contributed by atoms with Crippen molar-refractivity contribution in [2.24, 2.45) is 7.05 Å². The van der Waals surface area contributed by atoms with Crippen LogP contribution in [0.4, 0.5) is 0 Å². The summed E-state index contributed by atoms with van der Waals surface area (Å²) in [5, 5.41) is 5.14. The zero-order valence-corrected chi connectivity index (χ0v) is 15.1. The molecule has 130 valence electrons. The highest BCUT2D eigenvalue weighted by Gasteiger charge is 2.23. The summed E-state index contributed by atoms with van der Waals surface area (Å²) >= 11 is 6.01. The first-order valence-corrected chi connectivity index (χ1v) is 8.53. The molecule has 2 aromatic heterocycles. The molecule has 6 nitrogen and oxygen atoms in total. The standard InChI is InChI=1S/C17H23ClN4O2/c1-12-16(9-19-22(12)14-4-6-24-7-5-14)17(23)21(3)11-15-8-13(18)10-20(15)2/h8-10,14H,4-7,11H2,1-3H3. The number of aromatic nitrogens is 3. The second-order valence-corrected chi connectivity index (χ2v) is 6.79. The first kappa shape index (κ1) is 17.0. The lowest BCUT2D eigenvalue weighted by Crippen LogP contribution is -2.28.